The Morgan fingerprint density at radius 2 is 1.92 bits per heavy atom. The van der Waals surface area contributed by atoms with Crippen molar-refractivity contribution in [1.82, 2.24) is 4.98 Å². The Morgan fingerprint density at radius 1 is 1.17 bits per heavy atom. The van der Waals surface area contributed by atoms with Gasteiger partial charge in [0.25, 0.3) is 0 Å². The van der Waals surface area contributed by atoms with Crippen LogP contribution in [-0.2, 0) is 4.74 Å². The van der Waals surface area contributed by atoms with E-state index in [1.807, 2.05) is 56.3 Å². The van der Waals surface area contributed by atoms with Gasteiger partial charge in [-0.25, -0.2) is 9.78 Å². The predicted molar refractivity (Wildman–Crippen MR) is 98.8 cm³/mol. The molecule has 7 heteroatoms. The number of hydrogen-bond donors (Lipinski definition) is 0. The van der Waals surface area contributed by atoms with Crippen LogP contribution >= 0.6 is 22.7 Å². The van der Waals surface area contributed by atoms with Crippen molar-refractivity contribution in [1.29, 1.82) is 0 Å². The van der Waals surface area contributed by atoms with Gasteiger partial charge in [-0.15, -0.1) is 11.3 Å². The Morgan fingerprint density at radius 3 is 2.58 bits per heavy atom. The van der Waals surface area contributed by atoms with Gasteiger partial charge in [0.2, 0.25) is 0 Å². The van der Waals surface area contributed by atoms with Crippen molar-refractivity contribution in [3.8, 4) is 5.75 Å². The summed E-state index contributed by atoms with van der Waals surface area (Å²) >= 11 is 2.92. The summed E-state index contributed by atoms with van der Waals surface area (Å²) in [4.78, 5) is 20.0. The van der Waals surface area contributed by atoms with Crippen LogP contribution in [0.3, 0.4) is 0 Å². The average molecular weight is 362 g/mol. The lowest BCUT2D eigenvalue weighted by Crippen LogP contribution is -2.11. The number of thiazole rings is 1. The van der Waals surface area contributed by atoms with Gasteiger partial charge in [0.05, 0.1) is 4.70 Å². The topological polar surface area (TPSA) is 51.7 Å². The van der Waals surface area contributed by atoms with Gasteiger partial charge in [-0.1, -0.05) is 29.0 Å². The number of thiophene rings is 1. The van der Waals surface area contributed by atoms with Crippen molar-refractivity contribution < 1.29 is 14.3 Å². The molecule has 0 atom stereocenters. The molecule has 0 radical (unpaired) electrons. The first-order valence-electron chi connectivity index (χ1n) is 7.47. The molecule has 0 N–H and O–H groups in total. The normalized spacial score (nSPS) is 10.8. The molecule has 0 fully saturated rings. The third-order valence-corrected chi connectivity index (χ3v) is 5.58. The summed E-state index contributed by atoms with van der Waals surface area (Å²) in [7, 11) is 3.90. The molecule has 0 aliphatic heterocycles. The van der Waals surface area contributed by atoms with Crippen LogP contribution in [0.25, 0.3) is 9.53 Å². The minimum Gasteiger partial charge on any atom is -0.490 e. The molecule has 0 aliphatic rings. The molecule has 126 valence electrons. The number of aryl methyl sites for hydroxylation is 1. The molecule has 1 aromatic carbocycles. The van der Waals surface area contributed by atoms with Gasteiger partial charge in [0, 0.05) is 14.1 Å². The van der Waals surface area contributed by atoms with Crippen molar-refractivity contribution in [3.05, 3.63) is 40.8 Å². The summed E-state index contributed by atoms with van der Waals surface area (Å²) in [5, 5.41) is 0.933. The van der Waals surface area contributed by atoms with Gasteiger partial charge in [-0.2, -0.15) is 0 Å². The van der Waals surface area contributed by atoms with Gasteiger partial charge in [-0.05, 0) is 25.1 Å². The molecular formula is C17H18N2O3S2. The lowest BCUT2D eigenvalue weighted by molar-refractivity contribution is 0.0456. The van der Waals surface area contributed by atoms with E-state index in [2.05, 4.69) is 4.98 Å². The van der Waals surface area contributed by atoms with E-state index in [0.29, 0.717) is 11.5 Å². The third-order valence-electron chi connectivity index (χ3n) is 3.27. The van der Waals surface area contributed by atoms with E-state index in [1.165, 1.54) is 16.9 Å². The Labute approximate surface area is 148 Å². The number of ether oxygens (including phenoxy) is 2. The second-order valence-corrected chi connectivity index (χ2v) is 7.51. The second-order valence-electron chi connectivity index (χ2n) is 5.47. The van der Waals surface area contributed by atoms with Crippen molar-refractivity contribution in [2.24, 2.45) is 0 Å². The summed E-state index contributed by atoms with van der Waals surface area (Å²) in [5.41, 5.74) is 1.18. The molecule has 2 heterocycles. The number of benzene rings is 1. The van der Waals surface area contributed by atoms with Crippen molar-refractivity contribution in [2.45, 2.75) is 6.92 Å². The SMILES string of the molecule is Cc1ccc(OCCOC(=O)c2cc3sc(N(C)C)nc3s2)cc1. The molecule has 0 unspecified atom stereocenters. The van der Waals surface area contributed by atoms with Gasteiger partial charge in [-0.3, -0.25) is 0 Å². The van der Waals surface area contributed by atoms with Crippen LogP contribution < -0.4 is 9.64 Å². The van der Waals surface area contributed by atoms with Crippen LogP contribution in [0, 0.1) is 6.92 Å². The van der Waals surface area contributed by atoms with Gasteiger partial charge >= 0.3 is 5.97 Å². The highest BCUT2D eigenvalue weighted by Crippen LogP contribution is 2.34. The summed E-state index contributed by atoms with van der Waals surface area (Å²) in [6, 6.07) is 9.61. The van der Waals surface area contributed by atoms with E-state index in [9.17, 15) is 4.79 Å². The number of anilines is 1. The smallest absolute Gasteiger partial charge is 0.348 e. The highest BCUT2D eigenvalue weighted by Gasteiger charge is 2.15. The first kappa shape index (κ1) is 16.7. The number of esters is 1. The first-order chi connectivity index (χ1) is 11.5. The number of rotatable bonds is 6. The number of hydrogen-bond acceptors (Lipinski definition) is 7. The fourth-order valence-corrected chi connectivity index (χ4v) is 4.04. The van der Waals surface area contributed by atoms with Crippen LogP contribution in [0.2, 0.25) is 0 Å². The van der Waals surface area contributed by atoms with E-state index in [4.69, 9.17) is 9.47 Å². The molecule has 0 aliphatic carbocycles. The maximum Gasteiger partial charge on any atom is 0.348 e. The molecule has 0 bridgehead atoms. The summed E-state index contributed by atoms with van der Waals surface area (Å²) in [6.45, 7) is 2.57. The fourth-order valence-electron chi connectivity index (χ4n) is 2.02. The zero-order valence-corrected chi connectivity index (χ0v) is 15.4. The largest absolute Gasteiger partial charge is 0.490 e. The minimum absolute atomic E-state index is 0.217. The Balaban J connectivity index is 1.51. The van der Waals surface area contributed by atoms with Gasteiger partial charge in [0.1, 0.15) is 28.7 Å². The van der Waals surface area contributed by atoms with Crippen LogP contribution in [0.5, 0.6) is 5.75 Å². The minimum atomic E-state index is -0.330. The standard InChI is InChI=1S/C17H18N2O3S2/c1-11-4-6-12(7-5-11)21-8-9-22-16(20)14-10-13-15(23-14)18-17(24-13)19(2)3/h4-7,10H,8-9H2,1-3H3. The third kappa shape index (κ3) is 3.85. The lowest BCUT2D eigenvalue weighted by Gasteiger charge is -2.07. The van der Waals surface area contributed by atoms with Crippen LogP contribution in [0.15, 0.2) is 30.3 Å². The van der Waals surface area contributed by atoms with Crippen LogP contribution in [-0.4, -0.2) is 38.3 Å². The average Bonchev–Trinajstić information content (AvgIpc) is 3.12. The summed E-state index contributed by atoms with van der Waals surface area (Å²) in [5.74, 6) is 0.442. The fraction of sp³-hybridized carbons (Fsp3) is 0.294. The molecule has 24 heavy (non-hydrogen) atoms. The Kier molecular flexibility index (Phi) is 5.01. The monoisotopic (exact) mass is 362 g/mol. The Bertz CT molecular complexity index is 806. The van der Waals surface area contributed by atoms with E-state index < -0.39 is 0 Å². The first-order valence-corrected chi connectivity index (χ1v) is 9.10. The quantitative estimate of drug-likeness (QED) is 0.491. The van der Waals surface area contributed by atoms with Crippen molar-refractivity contribution in [2.75, 3.05) is 32.2 Å². The number of carbonyl (C=O) groups is 1. The number of aromatic nitrogens is 1. The maximum absolute atomic E-state index is 12.1. The van der Waals surface area contributed by atoms with Crippen molar-refractivity contribution >= 4 is 43.3 Å². The molecule has 3 rings (SSSR count). The van der Waals surface area contributed by atoms with Gasteiger partial charge < -0.3 is 14.4 Å². The second kappa shape index (κ2) is 7.19. The molecular weight excluding hydrogens is 344 g/mol. The highest BCUT2D eigenvalue weighted by atomic mass is 32.1. The van der Waals surface area contributed by atoms with Gasteiger partial charge in [0.15, 0.2) is 5.13 Å². The molecule has 5 nitrogen and oxygen atoms in total. The molecule has 0 saturated carbocycles. The summed E-state index contributed by atoms with van der Waals surface area (Å²) in [6.07, 6.45) is 0. The van der Waals surface area contributed by atoms with Crippen LogP contribution in [0.4, 0.5) is 5.13 Å². The Hall–Kier alpha value is -2.12. The zero-order chi connectivity index (χ0) is 17.1. The lowest BCUT2D eigenvalue weighted by atomic mass is 10.2. The van der Waals surface area contributed by atoms with Crippen molar-refractivity contribution in [3.63, 3.8) is 0 Å². The van der Waals surface area contributed by atoms with E-state index in [-0.39, 0.29) is 12.6 Å². The number of fused-ring (bicyclic) bond motifs is 1. The molecule has 3 aromatic rings. The molecule has 0 spiro atoms. The predicted octanol–water partition coefficient (Wildman–Crippen LogP) is 3.97. The zero-order valence-electron chi connectivity index (χ0n) is 13.7. The summed E-state index contributed by atoms with van der Waals surface area (Å²) < 4.78 is 11.8. The van der Waals surface area contributed by atoms with E-state index >= 15 is 0 Å². The number of carbonyl (C=O) groups excluding carboxylic acids is 1. The highest BCUT2D eigenvalue weighted by molar-refractivity contribution is 7.29. The van der Waals surface area contributed by atoms with E-state index in [0.717, 1.165) is 20.4 Å². The number of nitrogens with zero attached hydrogens (tertiary/aromatic N) is 2. The van der Waals surface area contributed by atoms with E-state index in [1.54, 1.807) is 11.3 Å². The molecule has 2 aromatic heterocycles. The molecule has 0 saturated heterocycles. The maximum atomic E-state index is 12.1. The van der Waals surface area contributed by atoms with Crippen LogP contribution in [0.1, 0.15) is 15.2 Å². The molecule has 0 amide bonds.